The van der Waals surface area contributed by atoms with Crippen molar-refractivity contribution in [2.24, 2.45) is 0 Å². The summed E-state index contributed by atoms with van der Waals surface area (Å²) in [6.45, 7) is 7.53. The molecule has 6 nitrogen and oxygen atoms in total. The molecule has 0 fully saturated rings. The Morgan fingerprint density at radius 3 is 1.52 bits per heavy atom. The van der Waals surface area contributed by atoms with Crippen LogP contribution in [-0.2, 0) is 18.4 Å². The van der Waals surface area contributed by atoms with Gasteiger partial charge in [0.15, 0.2) is 0 Å². The van der Waals surface area contributed by atoms with E-state index in [1.54, 1.807) is 6.20 Å². The number of aromatic nitrogens is 5. The number of ether oxygens (including phenoxy) is 1. The van der Waals surface area contributed by atoms with Crippen molar-refractivity contribution < 1.29 is 9.30 Å². The molecule has 6 heteroatoms. The third kappa shape index (κ3) is 11.7. The van der Waals surface area contributed by atoms with E-state index < -0.39 is 0 Å². The quantitative estimate of drug-likeness (QED) is 0.0519. The topological polar surface area (TPSA) is 48.8 Å². The lowest BCUT2D eigenvalue weighted by atomic mass is 9.85. The number of benzene rings is 11. The van der Waals surface area contributed by atoms with Gasteiger partial charge in [-0.05, 0) is 199 Å². The third-order valence-electron chi connectivity index (χ3n) is 17.9. The molecule has 92 heavy (non-hydrogen) atoms. The summed E-state index contributed by atoms with van der Waals surface area (Å²) in [4.78, 5) is 9.74. The number of rotatable bonds is 17. The van der Waals surface area contributed by atoms with E-state index in [-0.39, 0.29) is 5.41 Å². The molecule has 11 aromatic carbocycles. The van der Waals surface area contributed by atoms with E-state index in [1.807, 2.05) is 12.4 Å². The molecule has 0 spiro atoms. The highest BCUT2D eigenvalue weighted by Gasteiger charge is 2.21. The summed E-state index contributed by atoms with van der Waals surface area (Å²) in [6, 6.07) is 103. The van der Waals surface area contributed by atoms with E-state index in [0.717, 1.165) is 82.1 Å². The molecular formula is C86H69N5O. The third-order valence-corrected chi connectivity index (χ3v) is 17.9. The van der Waals surface area contributed by atoms with Crippen molar-refractivity contribution >= 4 is 32.8 Å². The van der Waals surface area contributed by atoms with Gasteiger partial charge < -0.3 is 13.9 Å². The largest absolute Gasteiger partial charge is 0.456 e. The predicted octanol–water partition coefficient (Wildman–Crippen LogP) is 21.8. The van der Waals surface area contributed by atoms with Crippen molar-refractivity contribution in [3.63, 3.8) is 0 Å². The van der Waals surface area contributed by atoms with Crippen molar-refractivity contribution in [2.75, 3.05) is 0 Å². The standard InChI is InChI=1S/C86H69N5O/c1-86(2,3)72-44-45-88-85(54-72)91-81-43-40-65(60-25-10-4-11-26-60)53-80(81)79-42-41-74(56-84(79)91)92-75-55-73(57-87-58-75)90-59-89(82-38-21-22-39-83(82)90)46-23-9-20-35-78-76(70-49-66(61-27-12-5-13-28-61)47-67(50-70)62-29-14-6-15-30-62)36-24-37-77(78)71-51-68(63-31-16-7-17-32-63)48-69(52-71)64-33-18-8-19-34-64/h4-8,10-19,21-22,24-34,36-45,47-58H,9,20,23,35,46H2,1-3H3. The predicted molar refractivity (Wildman–Crippen MR) is 380 cm³/mol. The minimum absolute atomic E-state index is 0.0526. The Balaban J connectivity index is 0.736. The summed E-state index contributed by atoms with van der Waals surface area (Å²) in [5.41, 5.74) is 24.5. The highest BCUT2D eigenvalue weighted by atomic mass is 16.5. The van der Waals surface area contributed by atoms with Crippen LogP contribution in [0.1, 0.15) is 51.2 Å². The Labute approximate surface area is 538 Å². The number of imidazole rings is 1. The second-order valence-corrected chi connectivity index (χ2v) is 25.0. The van der Waals surface area contributed by atoms with E-state index in [1.165, 1.54) is 83.5 Å². The summed E-state index contributed by atoms with van der Waals surface area (Å²) < 4.78 is 13.5. The fourth-order valence-electron chi connectivity index (χ4n) is 13.2. The zero-order valence-corrected chi connectivity index (χ0v) is 52.0. The SMILES string of the molecule is CC(C)(C)c1ccnc(-n2c3ccc(-c4ccccc4)cc3c3ccc(Oc4cncc(-n5[c-][n+](CCCCCc6c(-c7cc(-c8ccccc8)cc(-c8ccccc8)c7)cccc6-c6cc(-c7ccccc7)cc(-c7ccccc7)c6)c6ccccc65)c4)cc32)c1. The molecule has 0 saturated heterocycles. The summed E-state index contributed by atoms with van der Waals surface area (Å²) in [5, 5.41) is 2.28. The van der Waals surface area contributed by atoms with E-state index in [9.17, 15) is 0 Å². The van der Waals surface area contributed by atoms with Crippen molar-refractivity contribution in [3.05, 3.63) is 321 Å². The minimum Gasteiger partial charge on any atom is -0.456 e. The smallest absolute Gasteiger partial charge is 0.244 e. The van der Waals surface area contributed by atoms with E-state index in [4.69, 9.17) is 14.7 Å². The van der Waals surface area contributed by atoms with Crippen LogP contribution in [-0.4, -0.2) is 19.1 Å². The molecule has 0 aliphatic carbocycles. The first-order valence-electron chi connectivity index (χ1n) is 32.0. The van der Waals surface area contributed by atoms with E-state index >= 15 is 0 Å². The van der Waals surface area contributed by atoms with Crippen LogP contribution in [0.25, 0.3) is 122 Å². The Morgan fingerprint density at radius 2 is 0.946 bits per heavy atom. The van der Waals surface area contributed by atoms with Gasteiger partial charge in [0.1, 0.15) is 17.3 Å². The molecule has 0 bridgehead atoms. The fourth-order valence-corrected chi connectivity index (χ4v) is 13.2. The lowest BCUT2D eigenvalue weighted by Crippen LogP contribution is -2.32. The first kappa shape index (κ1) is 57.2. The Kier molecular flexibility index (Phi) is 15.5. The lowest BCUT2D eigenvalue weighted by molar-refractivity contribution is -0.676. The monoisotopic (exact) mass is 1190 g/mol. The number of nitrogens with zero attached hydrogens (tertiary/aromatic N) is 5. The van der Waals surface area contributed by atoms with E-state index in [2.05, 4.69) is 326 Å². The van der Waals surface area contributed by atoms with Crippen LogP contribution >= 0.6 is 0 Å². The van der Waals surface area contributed by atoms with Crippen LogP contribution in [0.5, 0.6) is 11.5 Å². The summed E-state index contributed by atoms with van der Waals surface area (Å²) in [5.74, 6) is 2.20. The van der Waals surface area contributed by atoms with Crippen molar-refractivity contribution in [1.29, 1.82) is 0 Å². The summed E-state index contributed by atoms with van der Waals surface area (Å²) in [6.07, 6.45) is 13.3. The fraction of sp³-hybridized carbons (Fsp3) is 0.105. The average molecular weight is 1190 g/mol. The second-order valence-electron chi connectivity index (χ2n) is 25.0. The molecule has 0 N–H and O–H groups in total. The molecule has 0 aliphatic heterocycles. The van der Waals surface area contributed by atoms with Crippen molar-refractivity contribution in [2.45, 2.75) is 58.4 Å². The van der Waals surface area contributed by atoms with Gasteiger partial charge in [-0.1, -0.05) is 221 Å². The highest BCUT2D eigenvalue weighted by molar-refractivity contribution is 6.11. The molecule has 0 unspecified atom stereocenters. The Hall–Kier alpha value is -11.2. The molecule has 444 valence electrons. The number of hydrogen-bond acceptors (Lipinski definition) is 3. The van der Waals surface area contributed by atoms with E-state index in [0.29, 0.717) is 11.5 Å². The first-order valence-corrected chi connectivity index (χ1v) is 32.0. The normalized spacial score (nSPS) is 11.6. The lowest BCUT2D eigenvalue weighted by Gasteiger charge is -2.20. The number of pyridine rings is 2. The number of aryl methyl sites for hydroxylation is 1. The average Bonchev–Trinajstić information content (AvgIpc) is 1.58. The molecule has 0 atom stereocenters. The number of hydrogen-bond donors (Lipinski definition) is 0. The molecule has 4 heterocycles. The molecule has 0 amide bonds. The van der Waals surface area contributed by atoms with Crippen LogP contribution in [0.2, 0.25) is 0 Å². The van der Waals surface area contributed by atoms with Gasteiger partial charge in [-0.25, -0.2) is 4.98 Å². The van der Waals surface area contributed by atoms with Gasteiger partial charge in [0.2, 0.25) is 6.33 Å². The summed E-state index contributed by atoms with van der Waals surface area (Å²) in [7, 11) is 0. The second kappa shape index (κ2) is 25.0. The number of para-hydroxylation sites is 2. The number of unbranched alkanes of at least 4 members (excludes halogenated alkanes) is 2. The summed E-state index contributed by atoms with van der Waals surface area (Å²) >= 11 is 0. The maximum Gasteiger partial charge on any atom is 0.244 e. The van der Waals surface area contributed by atoms with Gasteiger partial charge in [0.05, 0.1) is 40.5 Å². The van der Waals surface area contributed by atoms with Gasteiger partial charge in [-0.2, -0.15) is 0 Å². The Bertz CT molecular complexity index is 4860. The van der Waals surface area contributed by atoms with Gasteiger partial charge in [0, 0.05) is 29.2 Å². The van der Waals surface area contributed by atoms with Crippen LogP contribution in [0.15, 0.2) is 304 Å². The molecule has 15 rings (SSSR count). The number of fused-ring (bicyclic) bond motifs is 4. The van der Waals surface area contributed by atoms with Gasteiger partial charge in [-0.15, -0.1) is 0 Å². The van der Waals surface area contributed by atoms with Gasteiger partial charge in [-0.3, -0.25) is 9.55 Å². The maximum atomic E-state index is 6.80. The highest BCUT2D eigenvalue weighted by Crippen LogP contribution is 2.42. The zero-order valence-electron chi connectivity index (χ0n) is 52.0. The van der Waals surface area contributed by atoms with Crippen LogP contribution in [0.4, 0.5) is 0 Å². The molecule has 4 aromatic heterocycles. The molecular weight excluding hydrogens is 1120 g/mol. The minimum atomic E-state index is -0.0526. The molecule has 0 aliphatic rings. The zero-order chi connectivity index (χ0) is 62.0. The molecule has 0 radical (unpaired) electrons. The molecule has 15 aromatic rings. The van der Waals surface area contributed by atoms with Crippen LogP contribution in [0.3, 0.4) is 0 Å². The molecule has 0 saturated carbocycles. The van der Waals surface area contributed by atoms with Gasteiger partial charge >= 0.3 is 0 Å². The maximum absolute atomic E-state index is 6.80. The van der Waals surface area contributed by atoms with Crippen molar-refractivity contribution in [1.82, 2.24) is 19.1 Å². The van der Waals surface area contributed by atoms with Gasteiger partial charge in [0.25, 0.3) is 0 Å². The van der Waals surface area contributed by atoms with Crippen molar-refractivity contribution in [3.8, 4) is 101 Å². The van der Waals surface area contributed by atoms with Crippen LogP contribution < -0.4 is 9.30 Å². The first-order chi connectivity index (χ1) is 45.2. The Morgan fingerprint density at radius 1 is 0.402 bits per heavy atom. The van der Waals surface area contributed by atoms with Crippen LogP contribution in [0, 0.1) is 6.33 Å².